The van der Waals surface area contributed by atoms with Gasteiger partial charge in [0.05, 0.1) is 19.9 Å². The maximum atomic E-state index is 13.0. The predicted molar refractivity (Wildman–Crippen MR) is 109 cm³/mol. The zero-order valence-corrected chi connectivity index (χ0v) is 16.7. The monoisotopic (exact) mass is 382 g/mol. The molecule has 1 aliphatic rings. The van der Waals surface area contributed by atoms with Gasteiger partial charge in [-0.05, 0) is 49.4 Å². The van der Waals surface area contributed by atoms with Gasteiger partial charge in [0, 0.05) is 11.8 Å². The number of rotatable bonds is 7. The summed E-state index contributed by atoms with van der Waals surface area (Å²) in [4.78, 5) is 25.9. The van der Waals surface area contributed by atoms with Crippen LogP contribution in [0.1, 0.15) is 30.9 Å². The highest BCUT2D eigenvalue weighted by Crippen LogP contribution is 2.48. The number of benzene rings is 2. The number of hydrogen-bond acceptors (Lipinski definition) is 4. The van der Waals surface area contributed by atoms with Crippen LogP contribution in [0.25, 0.3) is 0 Å². The summed E-state index contributed by atoms with van der Waals surface area (Å²) < 4.78 is 10.5. The lowest BCUT2D eigenvalue weighted by atomic mass is 10.0. The highest BCUT2D eigenvalue weighted by molar-refractivity contribution is 6.17. The summed E-state index contributed by atoms with van der Waals surface area (Å²) in [7, 11) is 3.08. The van der Waals surface area contributed by atoms with Crippen molar-refractivity contribution in [3.63, 3.8) is 0 Å². The maximum Gasteiger partial charge on any atom is 0.240 e. The third-order valence-corrected chi connectivity index (χ3v) is 5.25. The molecule has 0 aromatic heterocycles. The standard InChI is InChI=1S/C22H26N2O4/c1-5-15-8-6-7-14(2)19(15)24-21(26)22(11-12-22)20(25)23-17-10-9-16(27-3)13-18(17)28-4/h6-10,13H,5,11-12H2,1-4H3,(H,23,25)(H,24,26). The topological polar surface area (TPSA) is 76.7 Å². The zero-order valence-electron chi connectivity index (χ0n) is 16.7. The molecular formula is C22H26N2O4. The van der Waals surface area contributed by atoms with Gasteiger partial charge in [-0.25, -0.2) is 0 Å². The highest BCUT2D eigenvalue weighted by atomic mass is 16.5. The Balaban J connectivity index is 1.78. The van der Waals surface area contributed by atoms with E-state index in [0.717, 1.165) is 23.2 Å². The van der Waals surface area contributed by atoms with Gasteiger partial charge in [0.1, 0.15) is 16.9 Å². The summed E-state index contributed by atoms with van der Waals surface area (Å²) in [6.07, 6.45) is 1.85. The minimum Gasteiger partial charge on any atom is -0.497 e. The van der Waals surface area contributed by atoms with Gasteiger partial charge in [-0.2, -0.15) is 0 Å². The quantitative estimate of drug-likeness (QED) is 0.712. The molecule has 0 saturated heterocycles. The summed E-state index contributed by atoms with van der Waals surface area (Å²) in [5.74, 6) is 0.526. The van der Waals surface area contributed by atoms with Gasteiger partial charge < -0.3 is 20.1 Å². The van der Waals surface area contributed by atoms with E-state index in [1.165, 1.54) is 7.11 Å². The number of amides is 2. The average molecular weight is 382 g/mol. The van der Waals surface area contributed by atoms with Crippen molar-refractivity contribution in [1.29, 1.82) is 0 Å². The SMILES string of the molecule is CCc1cccc(C)c1NC(=O)C1(C(=O)Nc2ccc(OC)cc2OC)CC1. The molecule has 1 aliphatic carbocycles. The van der Waals surface area contributed by atoms with Gasteiger partial charge in [-0.3, -0.25) is 9.59 Å². The first kappa shape index (κ1) is 19.7. The molecule has 0 atom stereocenters. The molecule has 0 unspecified atom stereocenters. The molecule has 2 N–H and O–H groups in total. The number of nitrogens with one attached hydrogen (secondary N) is 2. The molecule has 3 rings (SSSR count). The Bertz CT molecular complexity index is 903. The van der Waals surface area contributed by atoms with Crippen molar-refractivity contribution < 1.29 is 19.1 Å². The Morgan fingerprint density at radius 3 is 2.36 bits per heavy atom. The molecule has 148 valence electrons. The first-order valence-corrected chi connectivity index (χ1v) is 9.38. The van der Waals surface area contributed by atoms with Gasteiger partial charge in [0.25, 0.3) is 0 Å². The molecule has 2 aromatic rings. The van der Waals surface area contributed by atoms with E-state index >= 15 is 0 Å². The first-order chi connectivity index (χ1) is 13.4. The lowest BCUT2D eigenvalue weighted by Crippen LogP contribution is -2.36. The Kier molecular flexibility index (Phi) is 5.58. The Morgan fingerprint density at radius 1 is 1.04 bits per heavy atom. The smallest absolute Gasteiger partial charge is 0.240 e. The van der Waals surface area contributed by atoms with Crippen LogP contribution in [0.3, 0.4) is 0 Å². The fourth-order valence-corrected chi connectivity index (χ4v) is 3.26. The minimum atomic E-state index is -1.04. The van der Waals surface area contributed by atoms with Crippen molar-refractivity contribution in [3.8, 4) is 11.5 Å². The van der Waals surface area contributed by atoms with Gasteiger partial charge in [0.15, 0.2) is 0 Å². The molecule has 1 saturated carbocycles. The second-order valence-electron chi connectivity index (χ2n) is 7.02. The Labute approximate surface area is 165 Å². The van der Waals surface area contributed by atoms with Gasteiger partial charge in [-0.15, -0.1) is 0 Å². The van der Waals surface area contributed by atoms with Crippen LogP contribution in [0.4, 0.5) is 11.4 Å². The van der Waals surface area contributed by atoms with Gasteiger partial charge in [-0.1, -0.05) is 25.1 Å². The normalized spacial score (nSPS) is 14.1. The van der Waals surface area contributed by atoms with Crippen molar-refractivity contribution in [2.45, 2.75) is 33.1 Å². The second-order valence-corrected chi connectivity index (χ2v) is 7.02. The van der Waals surface area contributed by atoms with E-state index in [1.54, 1.807) is 25.3 Å². The Morgan fingerprint density at radius 2 is 1.75 bits per heavy atom. The third kappa shape index (κ3) is 3.67. The van der Waals surface area contributed by atoms with E-state index < -0.39 is 5.41 Å². The van der Waals surface area contributed by atoms with Crippen molar-refractivity contribution in [2.75, 3.05) is 24.9 Å². The van der Waals surface area contributed by atoms with Gasteiger partial charge in [0.2, 0.25) is 11.8 Å². The molecule has 6 nitrogen and oxygen atoms in total. The number of hydrogen-bond donors (Lipinski definition) is 2. The second kappa shape index (κ2) is 7.92. The molecular weight excluding hydrogens is 356 g/mol. The molecule has 1 fully saturated rings. The number of methoxy groups -OCH3 is 2. The van der Waals surface area contributed by atoms with Crippen molar-refractivity contribution in [1.82, 2.24) is 0 Å². The van der Waals surface area contributed by atoms with Gasteiger partial charge >= 0.3 is 0 Å². The van der Waals surface area contributed by atoms with Crippen LogP contribution in [-0.4, -0.2) is 26.0 Å². The molecule has 0 spiro atoms. The summed E-state index contributed by atoms with van der Waals surface area (Å²) >= 11 is 0. The van der Waals surface area contributed by atoms with Crippen molar-refractivity contribution in [2.24, 2.45) is 5.41 Å². The largest absolute Gasteiger partial charge is 0.497 e. The molecule has 2 amide bonds. The summed E-state index contributed by atoms with van der Waals surface area (Å²) in [5, 5.41) is 5.84. The minimum absolute atomic E-state index is 0.263. The van der Waals surface area contributed by atoms with Crippen molar-refractivity contribution >= 4 is 23.2 Å². The average Bonchev–Trinajstić information content (AvgIpc) is 3.52. The van der Waals surface area contributed by atoms with Crippen molar-refractivity contribution in [3.05, 3.63) is 47.5 Å². The van der Waals surface area contributed by atoms with E-state index in [1.807, 2.05) is 32.0 Å². The summed E-state index contributed by atoms with van der Waals surface area (Å²) in [5.41, 5.74) is 2.31. The molecule has 0 heterocycles. The molecule has 0 bridgehead atoms. The fourth-order valence-electron chi connectivity index (χ4n) is 3.26. The lowest BCUT2D eigenvalue weighted by Gasteiger charge is -2.19. The predicted octanol–water partition coefficient (Wildman–Crippen LogP) is 3.93. The van der Waals surface area contributed by atoms with E-state index in [0.29, 0.717) is 30.0 Å². The maximum absolute atomic E-state index is 13.0. The number of para-hydroxylation sites is 1. The fraction of sp³-hybridized carbons (Fsp3) is 0.364. The zero-order chi connectivity index (χ0) is 20.3. The number of anilines is 2. The molecule has 0 radical (unpaired) electrons. The first-order valence-electron chi connectivity index (χ1n) is 9.38. The van der Waals surface area contributed by atoms with E-state index in [4.69, 9.17) is 9.47 Å². The number of ether oxygens (including phenoxy) is 2. The lowest BCUT2D eigenvalue weighted by molar-refractivity contribution is -0.131. The van der Waals surface area contributed by atoms with Crippen LogP contribution in [0.15, 0.2) is 36.4 Å². The number of carbonyl (C=O) groups is 2. The number of carbonyl (C=O) groups excluding carboxylic acids is 2. The molecule has 6 heteroatoms. The van der Waals surface area contributed by atoms with Crippen LogP contribution >= 0.6 is 0 Å². The Hall–Kier alpha value is -3.02. The van der Waals surface area contributed by atoms with Crippen LogP contribution in [0, 0.1) is 12.3 Å². The van der Waals surface area contributed by atoms with Crippen LogP contribution in [0.5, 0.6) is 11.5 Å². The summed E-state index contributed by atoms with van der Waals surface area (Å²) in [6.45, 7) is 4.00. The van der Waals surface area contributed by atoms with Crippen LogP contribution < -0.4 is 20.1 Å². The highest BCUT2D eigenvalue weighted by Gasteiger charge is 2.56. The third-order valence-electron chi connectivity index (χ3n) is 5.25. The summed E-state index contributed by atoms with van der Waals surface area (Å²) in [6, 6.07) is 11.1. The van der Waals surface area contributed by atoms with Crippen LogP contribution in [-0.2, 0) is 16.0 Å². The van der Waals surface area contributed by atoms with E-state index in [2.05, 4.69) is 10.6 Å². The number of aryl methyl sites for hydroxylation is 2. The molecule has 0 aliphatic heterocycles. The van der Waals surface area contributed by atoms with E-state index in [-0.39, 0.29) is 11.8 Å². The molecule has 28 heavy (non-hydrogen) atoms. The van der Waals surface area contributed by atoms with E-state index in [9.17, 15) is 9.59 Å². The van der Waals surface area contributed by atoms with Crippen LogP contribution in [0.2, 0.25) is 0 Å². The molecule has 2 aromatic carbocycles.